The van der Waals surface area contributed by atoms with Crippen LogP contribution in [-0.2, 0) is 27.3 Å². The molecule has 5 saturated carbocycles. The molecule has 6 fully saturated rings. The fourth-order valence-corrected chi connectivity index (χ4v) is 14.2. The zero-order valence-electron chi connectivity index (χ0n) is 38.2. The van der Waals surface area contributed by atoms with E-state index in [1.165, 1.54) is 115 Å². The van der Waals surface area contributed by atoms with Gasteiger partial charge >= 0.3 is 5.97 Å². The molecule has 6 aliphatic rings. The summed E-state index contributed by atoms with van der Waals surface area (Å²) in [4.78, 5) is 44.7. The van der Waals surface area contributed by atoms with Gasteiger partial charge in [-0.15, -0.1) is 0 Å². The maximum absolute atomic E-state index is 13.1. The highest BCUT2D eigenvalue weighted by atomic mass is 16.6. The van der Waals surface area contributed by atoms with Gasteiger partial charge in [-0.25, -0.2) is 4.79 Å². The molecule has 1 saturated heterocycles. The number of aromatic nitrogens is 1. The summed E-state index contributed by atoms with van der Waals surface area (Å²) < 4.78 is 4.74. The van der Waals surface area contributed by atoms with Crippen molar-refractivity contribution in [1.29, 1.82) is 0 Å². The molecule has 0 spiro atoms. The lowest BCUT2D eigenvalue weighted by atomic mass is 9.36. The fourth-order valence-electron chi connectivity index (χ4n) is 14.2. The zero-order chi connectivity index (χ0) is 43.1. The van der Waals surface area contributed by atoms with Crippen LogP contribution in [0, 0.1) is 51.2 Å². The van der Waals surface area contributed by atoms with E-state index in [0.717, 1.165) is 43.2 Å². The highest BCUT2D eigenvalue weighted by molar-refractivity contribution is 5.94. The third-order valence-electron chi connectivity index (χ3n) is 17.1. The van der Waals surface area contributed by atoms with Gasteiger partial charge in [0.2, 0.25) is 6.41 Å². The molecule has 2 aromatic rings. The number of primary amides is 1. The molecular weight excluding hydrogens is 769 g/mol. The van der Waals surface area contributed by atoms with Crippen molar-refractivity contribution in [3.63, 3.8) is 0 Å². The molecule has 9 unspecified atom stereocenters. The van der Waals surface area contributed by atoms with Crippen molar-refractivity contribution >= 4 is 18.3 Å². The maximum Gasteiger partial charge on any atom is 0.339 e. The molecule has 1 aromatic carbocycles. The van der Waals surface area contributed by atoms with Crippen molar-refractivity contribution in [3.8, 4) is 0 Å². The van der Waals surface area contributed by atoms with Gasteiger partial charge in [0, 0.05) is 11.8 Å². The molecule has 12 nitrogen and oxygen atoms in total. The normalized spacial score (nSPS) is 33.3. The number of methoxy groups -OCH3 is 1. The minimum absolute atomic E-state index is 0. The molecule has 2 heterocycles. The number of rotatable bonds is 10. The second-order valence-corrected chi connectivity index (χ2v) is 20.2. The average Bonchev–Trinajstić information content (AvgIpc) is 3.94. The van der Waals surface area contributed by atoms with Crippen molar-refractivity contribution in [3.05, 3.63) is 65.0 Å². The molecule has 5 aliphatic carbocycles. The second-order valence-electron chi connectivity index (χ2n) is 20.2. The van der Waals surface area contributed by atoms with Gasteiger partial charge in [0.25, 0.3) is 5.91 Å². The summed E-state index contributed by atoms with van der Waals surface area (Å²) in [5, 5.41) is 14.0. The van der Waals surface area contributed by atoms with Crippen LogP contribution in [0.3, 0.4) is 0 Å². The Balaban J connectivity index is 0.000000472. The number of aliphatic hydroxyl groups excluding tert-OH is 1. The molecule has 1 aliphatic heterocycles. The van der Waals surface area contributed by atoms with E-state index in [4.69, 9.17) is 14.4 Å². The Hall–Kier alpha value is -3.42. The van der Waals surface area contributed by atoms with E-state index in [0.29, 0.717) is 45.5 Å². The lowest BCUT2D eigenvalue weighted by molar-refractivity contribution is -0.214. The monoisotopic (exact) mass is 847 g/mol. The molecule has 8 N–H and O–H groups in total. The van der Waals surface area contributed by atoms with Gasteiger partial charge in [-0.1, -0.05) is 46.2 Å². The van der Waals surface area contributed by atoms with Crippen LogP contribution in [0.25, 0.3) is 0 Å². The number of nitrogens with two attached hydrogens (primary N) is 1. The van der Waals surface area contributed by atoms with Crippen LogP contribution in [-0.4, -0.2) is 73.4 Å². The van der Waals surface area contributed by atoms with E-state index < -0.39 is 5.97 Å². The minimum Gasteiger partial charge on any atom is -0.465 e. The van der Waals surface area contributed by atoms with Crippen LogP contribution in [0.5, 0.6) is 0 Å². The van der Waals surface area contributed by atoms with Crippen molar-refractivity contribution in [2.45, 2.75) is 137 Å². The molecule has 61 heavy (non-hydrogen) atoms. The number of hydroxylamine groups is 1. The number of nitrogens with one attached hydrogen (secondary N) is 2. The number of benzene rings is 1. The Kier molecular flexibility index (Phi) is 16.6. The topological polar surface area (TPSA) is 191 Å². The number of carbonyl (C=O) groups excluding carboxylic acids is 3. The third-order valence-corrected chi connectivity index (χ3v) is 17.1. The van der Waals surface area contributed by atoms with Gasteiger partial charge in [-0.05, 0) is 184 Å². The van der Waals surface area contributed by atoms with Crippen LogP contribution < -0.4 is 22.7 Å². The molecular formula is C49H78N6O6. The Morgan fingerprint density at radius 1 is 0.885 bits per heavy atom. The second kappa shape index (κ2) is 20.8. The Bertz CT molecular complexity index is 1750. The van der Waals surface area contributed by atoms with Crippen molar-refractivity contribution in [2.24, 2.45) is 57.0 Å². The van der Waals surface area contributed by atoms with E-state index in [1.54, 1.807) is 19.2 Å². The van der Waals surface area contributed by atoms with Gasteiger partial charge in [0.15, 0.2) is 0 Å². The number of hydrogen-bond donors (Lipinski definition) is 5. The summed E-state index contributed by atoms with van der Waals surface area (Å²) in [5.74, 6) is 3.44. The largest absolute Gasteiger partial charge is 0.465 e. The number of carbonyl (C=O) groups is 3. The van der Waals surface area contributed by atoms with E-state index in [-0.39, 0.29) is 30.0 Å². The molecule has 1 aromatic heterocycles. The summed E-state index contributed by atoms with van der Waals surface area (Å²) in [5.41, 5.74) is 11.3. The molecule has 12 heteroatoms. The number of esters is 1. The molecule has 8 rings (SSSR count). The molecule has 340 valence electrons. The number of ether oxygens (including phenoxy) is 1. The van der Waals surface area contributed by atoms with Gasteiger partial charge in [-0.2, -0.15) is 5.48 Å². The van der Waals surface area contributed by atoms with Crippen molar-refractivity contribution in [2.75, 3.05) is 34.0 Å². The van der Waals surface area contributed by atoms with Crippen LogP contribution in [0.4, 0.5) is 0 Å². The highest BCUT2D eigenvalue weighted by Gasteiger charge is 2.66. The average molecular weight is 847 g/mol. The van der Waals surface area contributed by atoms with Crippen molar-refractivity contribution in [1.82, 2.24) is 26.8 Å². The summed E-state index contributed by atoms with van der Waals surface area (Å²) in [6.45, 7) is 13.7. The van der Waals surface area contributed by atoms with Gasteiger partial charge in [0.05, 0.1) is 44.8 Å². The molecule has 0 bridgehead atoms. The van der Waals surface area contributed by atoms with Gasteiger partial charge in [0.1, 0.15) is 0 Å². The molecule has 2 amide bonds. The van der Waals surface area contributed by atoms with Gasteiger partial charge < -0.3 is 31.9 Å². The Morgan fingerprint density at radius 3 is 2.31 bits per heavy atom. The lowest BCUT2D eigenvalue weighted by Crippen LogP contribution is -2.63. The number of pyridine rings is 1. The SMILES string of the molecule is COC(=O)c1ccc(CNC(=O)c2cccc(CCC34CCCC3C3CCC5C(C)(CCC6C(C)(C)C(O)CCC65C)C3CC4)c2)nc1.CONCN1CCCC1.N.NC=O. The third kappa shape index (κ3) is 10.2. The predicted molar refractivity (Wildman–Crippen MR) is 239 cm³/mol. The summed E-state index contributed by atoms with van der Waals surface area (Å²) in [6, 6.07) is 11.6. The zero-order valence-corrected chi connectivity index (χ0v) is 38.2. The number of aliphatic hydroxyl groups is 1. The summed E-state index contributed by atoms with van der Waals surface area (Å²) in [6.07, 6.45) is 21.0. The number of likely N-dealkylation sites (tertiary alicyclic amines) is 1. The van der Waals surface area contributed by atoms with Crippen LogP contribution in [0.15, 0.2) is 42.6 Å². The quantitative estimate of drug-likeness (QED) is 0.0890. The van der Waals surface area contributed by atoms with Crippen LogP contribution in [0.2, 0.25) is 0 Å². The summed E-state index contributed by atoms with van der Waals surface area (Å²) in [7, 11) is 3.00. The van der Waals surface area contributed by atoms with E-state index >= 15 is 0 Å². The standard InChI is InChI=1S/C42H58N2O4.C6H14N2O.CH3NO.H3N/c1-39(2)34-17-20-40(3)32-16-23-42(19-7-10-33(42)31(32)13-14-35(40)41(34,4)21-18-36(39)45)22-15-27-8-6-9-28(24-27)37(46)44-26-30-12-11-29(25-43-30)38(47)48-5;1-9-7-6-8-4-2-3-5-8;2-1-3;/h6,8-9,11-12,24-25,31-36,45H,7,10,13-23,26H2,1-5H3,(H,44,46);7H,2-6H2,1H3;1H,(H2,2,3);1H3. The first-order valence-corrected chi connectivity index (χ1v) is 23.0. The molecule has 9 atom stereocenters. The molecule has 0 radical (unpaired) electrons. The van der Waals surface area contributed by atoms with Crippen LogP contribution in [0.1, 0.15) is 150 Å². The summed E-state index contributed by atoms with van der Waals surface area (Å²) >= 11 is 0. The predicted octanol–water partition coefficient (Wildman–Crippen LogP) is 8.01. The Morgan fingerprint density at radius 2 is 1.62 bits per heavy atom. The first-order valence-electron chi connectivity index (χ1n) is 23.0. The Labute approximate surface area is 365 Å². The lowest BCUT2D eigenvalue weighted by Gasteiger charge is -2.69. The number of amides is 2. The van der Waals surface area contributed by atoms with Crippen molar-refractivity contribution < 1.29 is 29.1 Å². The first kappa shape index (κ1) is 48.6. The number of nitrogens with zero attached hydrogens (tertiary/aromatic N) is 2. The number of fused-ring (bicyclic) bond motifs is 7. The van der Waals surface area contributed by atoms with E-state index in [1.807, 2.05) is 12.1 Å². The van der Waals surface area contributed by atoms with Gasteiger partial charge in [-0.3, -0.25) is 19.5 Å². The fraction of sp³-hybridized carbons (Fsp3) is 0.714. The number of hydrogen-bond acceptors (Lipinski definition) is 10. The minimum atomic E-state index is -0.421. The van der Waals surface area contributed by atoms with E-state index in [2.05, 4.69) is 66.2 Å². The van der Waals surface area contributed by atoms with Crippen LogP contribution >= 0.6 is 0 Å². The highest BCUT2D eigenvalue weighted by Crippen LogP contribution is 2.73. The first-order chi connectivity index (χ1) is 28.8. The maximum atomic E-state index is 13.1. The van der Waals surface area contributed by atoms with E-state index in [9.17, 15) is 14.7 Å². The smallest absolute Gasteiger partial charge is 0.339 e. The number of aryl methyl sites for hydroxylation is 1.